The van der Waals surface area contributed by atoms with E-state index in [0.29, 0.717) is 4.57 Å². The Hall–Kier alpha value is 0.620. The summed E-state index contributed by atoms with van der Waals surface area (Å²) in [6, 6.07) is 0.912. The van der Waals surface area contributed by atoms with Crippen molar-refractivity contribution in [2.45, 2.75) is 68.3 Å². The van der Waals surface area contributed by atoms with E-state index in [-0.39, 0.29) is 59.1 Å². The zero-order valence-corrected chi connectivity index (χ0v) is 26.4. The van der Waals surface area contributed by atoms with Gasteiger partial charge < -0.3 is 54.4 Å². The maximum Gasteiger partial charge on any atom is 1.00 e. The third-order valence-electron chi connectivity index (χ3n) is 5.37. The largest absolute Gasteiger partial charge is 1.00 e. The number of aromatic amines is 1. The summed E-state index contributed by atoms with van der Waals surface area (Å²) in [5, 5.41) is 59.3. The number of phosphoric acid groups is 2. The number of hydrogen-bond acceptors (Lipinski definition) is 17. The summed E-state index contributed by atoms with van der Waals surface area (Å²) in [6.45, 7) is -0.0119. The summed E-state index contributed by atoms with van der Waals surface area (Å²) in [4.78, 5) is 49.1. The van der Waals surface area contributed by atoms with Crippen LogP contribution in [-0.2, 0) is 32.0 Å². The van der Waals surface area contributed by atoms with Gasteiger partial charge in [-0.15, -0.1) is 0 Å². The molecule has 1 aromatic heterocycles. The number of ether oxygens (including phenoxy) is 2. The van der Waals surface area contributed by atoms with Gasteiger partial charge in [0, 0.05) is 12.3 Å². The van der Waals surface area contributed by atoms with Crippen molar-refractivity contribution in [2.24, 2.45) is 0 Å². The molecule has 2 aliphatic heterocycles. The number of hydrogen-bond donors (Lipinski definition) is 7. The van der Waals surface area contributed by atoms with Gasteiger partial charge in [-0.1, -0.05) is 0 Å². The molecule has 0 saturated carbocycles. The summed E-state index contributed by atoms with van der Waals surface area (Å²) in [5.74, 6) is 0. The summed E-state index contributed by atoms with van der Waals surface area (Å²) >= 11 is 0. The topological polar surface area (TPSA) is 303 Å². The van der Waals surface area contributed by atoms with Crippen LogP contribution in [0.4, 0.5) is 0 Å². The van der Waals surface area contributed by atoms with Crippen LogP contribution in [0.2, 0.25) is 0 Å². The molecule has 12 atom stereocenters. The summed E-state index contributed by atoms with van der Waals surface area (Å²) in [5.41, 5.74) is -1.78. The van der Waals surface area contributed by atoms with Gasteiger partial charge in [0.1, 0.15) is 42.7 Å². The number of aliphatic hydroxyl groups is 6. The minimum Gasteiger partial charge on any atom is -0.756 e. The van der Waals surface area contributed by atoms with Gasteiger partial charge in [0.05, 0.1) is 12.7 Å². The molecule has 0 bridgehead atoms. The van der Waals surface area contributed by atoms with E-state index in [4.69, 9.17) is 9.47 Å². The summed E-state index contributed by atoms with van der Waals surface area (Å²) in [7, 11) is -11.7. The molecular formula is C16H24N2Na2O17P2. The third-order valence-corrected chi connectivity index (χ3v) is 7.91. The molecule has 0 aliphatic carbocycles. The number of nitrogens with zero attached hydrogens (tertiary/aromatic N) is 1. The van der Waals surface area contributed by atoms with E-state index in [1.165, 1.54) is 0 Å². The molecule has 2 fully saturated rings. The molecular weight excluding hydrogens is 600 g/mol. The van der Waals surface area contributed by atoms with Crippen LogP contribution in [0, 0.1) is 0 Å². The minimum absolute atomic E-state index is 0. The monoisotopic (exact) mass is 624 g/mol. The predicted molar refractivity (Wildman–Crippen MR) is 109 cm³/mol. The van der Waals surface area contributed by atoms with E-state index in [1.807, 2.05) is 4.98 Å². The maximum atomic E-state index is 12.1. The van der Waals surface area contributed by atoms with Crippen molar-refractivity contribution in [3.8, 4) is 0 Å². The summed E-state index contributed by atoms with van der Waals surface area (Å²) in [6.07, 6.45) is -17.4. The van der Waals surface area contributed by atoms with Crippen LogP contribution in [0.25, 0.3) is 0 Å². The molecule has 39 heavy (non-hydrogen) atoms. The first-order chi connectivity index (χ1) is 17.0. The Balaban J connectivity index is 0.00000380. The fourth-order valence-electron chi connectivity index (χ4n) is 3.54. The molecule has 212 valence electrons. The fourth-order valence-corrected chi connectivity index (χ4v) is 5.62. The fraction of sp³-hybridized carbons (Fsp3) is 0.750. The first-order valence-corrected chi connectivity index (χ1v) is 13.3. The van der Waals surface area contributed by atoms with Crippen LogP contribution in [0.5, 0.6) is 0 Å². The van der Waals surface area contributed by atoms with Gasteiger partial charge in [-0.05, 0) is 6.92 Å². The van der Waals surface area contributed by atoms with Crippen LogP contribution in [0.15, 0.2) is 21.9 Å². The Bertz CT molecular complexity index is 1170. The van der Waals surface area contributed by atoms with Crippen molar-refractivity contribution in [1.82, 2.24) is 9.55 Å². The van der Waals surface area contributed by atoms with Crippen molar-refractivity contribution in [3.63, 3.8) is 0 Å². The molecule has 0 radical (unpaired) electrons. The molecule has 7 N–H and O–H groups in total. The number of aromatic nitrogens is 2. The smallest absolute Gasteiger partial charge is 0.756 e. The van der Waals surface area contributed by atoms with E-state index < -0.39 is 94.9 Å². The number of H-pyrrole nitrogens is 1. The molecule has 3 heterocycles. The Morgan fingerprint density at radius 2 is 1.62 bits per heavy atom. The Morgan fingerprint density at radius 3 is 2.18 bits per heavy atom. The van der Waals surface area contributed by atoms with Gasteiger partial charge in [-0.3, -0.25) is 28.0 Å². The molecule has 3 rings (SSSR count). The van der Waals surface area contributed by atoms with Crippen LogP contribution < -0.4 is 80.2 Å². The SMILES string of the molecule is CC(O)C1OC(OP(=O)([O-])OP(=O)([O-])OC[C@H]2O[C@@H](n3ccc(=O)[nH]c3=O)[C@H](O)[C@@H]2O)C(O)C(O)C1O.[Na+].[Na+]. The number of nitrogens with one attached hydrogen (secondary N) is 1. The zero-order valence-electron chi connectivity index (χ0n) is 20.7. The van der Waals surface area contributed by atoms with Crippen molar-refractivity contribution in [3.05, 3.63) is 33.1 Å². The number of aliphatic hydroxyl groups excluding tert-OH is 6. The average Bonchev–Trinajstić information content (AvgIpc) is 3.05. The van der Waals surface area contributed by atoms with E-state index >= 15 is 0 Å². The van der Waals surface area contributed by atoms with Gasteiger partial charge in [0.2, 0.25) is 0 Å². The van der Waals surface area contributed by atoms with Crippen molar-refractivity contribution in [1.29, 1.82) is 0 Å². The molecule has 19 nitrogen and oxygen atoms in total. The normalized spacial score (nSPS) is 36.6. The van der Waals surface area contributed by atoms with E-state index in [9.17, 15) is 59.1 Å². The number of rotatable bonds is 9. The second-order valence-corrected chi connectivity index (χ2v) is 11.0. The molecule has 23 heteroatoms. The van der Waals surface area contributed by atoms with Crippen molar-refractivity contribution < 1.29 is 132 Å². The number of phosphoric ester groups is 2. The molecule has 2 saturated heterocycles. The van der Waals surface area contributed by atoms with Crippen molar-refractivity contribution in [2.75, 3.05) is 6.61 Å². The second kappa shape index (κ2) is 14.9. The predicted octanol–water partition coefficient (Wildman–Crippen LogP) is -11.7. The van der Waals surface area contributed by atoms with Crippen LogP contribution in [-0.4, -0.2) is 102 Å². The molecule has 1 aromatic rings. The Kier molecular flexibility index (Phi) is 14.4. The molecule has 0 spiro atoms. The van der Waals surface area contributed by atoms with Crippen LogP contribution in [0.1, 0.15) is 13.2 Å². The molecule has 0 amide bonds. The molecule has 2 aliphatic rings. The second-order valence-electron chi connectivity index (χ2n) is 8.12. The quantitative estimate of drug-likeness (QED) is 0.0991. The van der Waals surface area contributed by atoms with Crippen molar-refractivity contribution >= 4 is 15.6 Å². The van der Waals surface area contributed by atoms with Gasteiger partial charge >= 0.3 is 64.8 Å². The summed E-state index contributed by atoms with van der Waals surface area (Å²) < 4.78 is 47.5. The minimum atomic E-state index is -5.92. The first kappa shape index (κ1) is 37.6. The average molecular weight is 624 g/mol. The van der Waals surface area contributed by atoms with Gasteiger partial charge in [0.15, 0.2) is 12.5 Å². The van der Waals surface area contributed by atoms with Crippen LogP contribution >= 0.6 is 15.6 Å². The zero-order chi connectivity index (χ0) is 27.9. The Labute approximate surface area is 263 Å². The first-order valence-electron chi connectivity index (χ1n) is 10.4. The van der Waals surface area contributed by atoms with Crippen LogP contribution in [0.3, 0.4) is 0 Å². The van der Waals surface area contributed by atoms with E-state index in [1.54, 1.807) is 0 Å². The standard InChI is InChI=1S/C16H26N2O17P2.2Na/c1-5(19)13-10(23)9(22)12(25)15(33-13)34-37(29,30)35-36(27,28)31-4-6-8(21)11(24)14(32-6)18-3-2-7(20)17-16(18)26;;/h2-3,5-6,8-15,19,21-25H,4H2,1H3,(H,27,28)(H,29,30)(H,17,20,26);;/q;2*+1/p-2/t5?,6-,8-,9?,10?,11-,12?,13?,14-,15?;;/m1../s1. The van der Waals surface area contributed by atoms with E-state index in [0.717, 1.165) is 19.2 Å². The Morgan fingerprint density at radius 1 is 1.00 bits per heavy atom. The third kappa shape index (κ3) is 9.30. The maximum absolute atomic E-state index is 12.1. The van der Waals surface area contributed by atoms with Gasteiger partial charge in [0.25, 0.3) is 21.2 Å². The van der Waals surface area contributed by atoms with E-state index in [2.05, 4.69) is 13.4 Å². The van der Waals surface area contributed by atoms with Gasteiger partial charge in [-0.25, -0.2) is 9.11 Å². The molecule has 0 aromatic carbocycles. The van der Waals surface area contributed by atoms with Gasteiger partial charge in [-0.2, -0.15) is 0 Å². The molecule has 8 unspecified atom stereocenters.